The van der Waals surface area contributed by atoms with E-state index in [0.717, 1.165) is 22.6 Å². The molecule has 1 aromatic carbocycles. The lowest BCUT2D eigenvalue weighted by molar-refractivity contribution is 0.324. The number of nitrogens with zero attached hydrogens (tertiary/aromatic N) is 4. The minimum atomic E-state index is 0.536. The average molecular weight is 377 g/mol. The number of hydrogen-bond donors (Lipinski definition) is 1. The first-order valence-electron chi connectivity index (χ1n) is 8.55. The van der Waals surface area contributed by atoms with E-state index in [1.54, 1.807) is 44.4 Å². The SMILES string of the molecule is COc1cc(Nc2ccc3ncc(-c4ccncc4)n3n2)cc(OC)c1OC. The van der Waals surface area contributed by atoms with Crippen molar-refractivity contribution in [1.29, 1.82) is 0 Å². The minimum absolute atomic E-state index is 0.536. The largest absolute Gasteiger partial charge is 0.493 e. The van der Waals surface area contributed by atoms with Gasteiger partial charge >= 0.3 is 0 Å². The van der Waals surface area contributed by atoms with Gasteiger partial charge in [0, 0.05) is 35.8 Å². The van der Waals surface area contributed by atoms with Gasteiger partial charge in [0.15, 0.2) is 23.0 Å². The number of methoxy groups -OCH3 is 3. The smallest absolute Gasteiger partial charge is 0.203 e. The van der Waals surface area contributed by atoms with Crippen LogP contribution in [0.25, 0.3) is 16.9 Å². The maximum atomic E-state index is 5.41. The van der Waals surface area contributed by atoms with Crippen LogP contribution < -0.4 is 19.5 Å². The van der Waals surface area contributed by atoms with Crippen molar-refractivity contribution in [2.75, 3.05) is 26.6 Å². The molecular weight excluding hydrogens is 358 g/mol. The fourth-order valence-corrected chi connectivity index (χ4v) is 2.96. The summed E-state index contributed by atoms with van der Waals surface area (Å²) < 4.78 is 18.0. The second-order valence-electron chi connectivity index (χ2n) is 5.91. The molecule has 0 atom stereocenters. The maximum Gasteiger partial charge on any atom is 0.203 e. The molecule has 8 nitrogen and oxygen atoms in total. The number of benzene rings is 1. The van der Waals surface area contributed by atoms with Crippen molar-refractivity contribution in [2.45, 2.75) is 0 Å². The Kier molecular flexibility index (Phi) is 4.67. The normalized spacial score (nSPS) is 10.7. The van der Waals surface area contributed by atoms with Gasteiger partial charge in [-0.2, -0.15) is 0 Å². The maximum absolute atomic E-state index is 5.41. The van der Waals surface area contributed by atoms with Gasteiger partial charge in [-0.05, 0) is 24.3 Å². The quantitative estimate of drug-likeness (QED) is 0.550. The Bertz CT molecular complexity index is 1090. The van der Waals surface area contributed by atoms with Gasteiger partial charge in [-0.25, -0.2) is 9.50 Å². The number of fused-ring (bicyclic) bond motifs is 1. The van der Waals surface area contributed by atoms with Crippen LogP contribution in [0.1, 0.15) is 0 Å². The lowest BCUT2D eigenvalue weighted by Gasteiger charge is -2.15. The van der Waals surface area contributed by atoms with Crippen molar-refractivity contribution in [3.63, 3.8) is 0 Å². The van der Waals surface area contributed by atoms with E-state index in [2.05, 4.69) is 20.4 Å². The van der Waals surface area contributed by atoms with Gasteiger partial charge in [-0.1, -0.05) is 0 Å². The van der Waals surface area contributed by atoms with Crippen LogP contribution in [-0.2, 0) is 0 Å². The van der Waals surface area contributed by atoms with Crippen molar-refractivity contribution in [1.82, 2.24) is 19.6 Å². The summed E-state index contributed by atoms with van der Waals surface area (Å²) >= 11 is 0. The third-order valence-electron chi connectivity index (χ3n) is 4.28. The molecule has 3 aromatic heterocycles. The van der Waals surface area contributed by atoms with Crippen molar-refractivity contribution < 1.29 is 14.2 Å². The molecule has 0 radical (unpaired) electrons. The van der Waals surface area contributed by atoms with Gasteiger partial charge in [0.25, 0.3) is 0 Å². The highest BCUT2D eigenvalue weighted by atomic mass is 16.5. The zero-order valence-corrected chi connectivity index (χ0v) is 15.7. The highest BCUT2D eigenvalue weighted by molar-refractivity contribution is 5.68. The van der Waals surface area contributed by atoms with Crippen LogP contribution in [0.4, 0.5) is 11.5 Å². The number of pyridine rings is 1. The first-order valence-corrected chi connectivity index (χ1v) is 8.55. The zero-order valence-electron chi connectivity index (χ0n) is 15.7. The first-order chi connectivity index (χ1) is 13.7. The second kappa shape index (κ2) is 7.43. The van der Waals surface area contributed by atoms with E-state index in [-0.39, 0.29) is 0 Å². The molecule has 0 aliphatic rings. The van der Waals surface area contributed by atoms with E-state index >= 15 is 0 Å². The number of anilines is 2. The molecule has 8 heteroatoms. The molecule has 4 rings (SSSR count). The van der Waals surface area contributed by atoms with E-state index in [0.29, 0.717) is 23.1 Å². The van der Waals surface area contributed by atoms with Gasteiger partial charge < -0.3 is 19.5 Å². The Labute approximate surface area is 161 Å². The molecule has 142 valence electrons. The molecule has 28 heavy (non-hydrogen) atoms. The van der Waals surface area contributed by atoms with Gasteiger partial charge in [-0.15, -0.1) is 5.10 Å². The Morgan fingerprint density at radius 1 is 0.893 bits per heavy atom. The average Bonchev–Trinajstić information content (AvgIpc) is 3.16. The van der Waals surface area contributed by atoms with Gasteiger partial charge in [0.05, 0.1) is 33.2 Å². The fraction of sp³-hybridized carbons (Fsp3) is 0.150. The van der Waals surface area contributed by atoms with Crippen LogP contribution in [0.3, 0.4) is 0 Å². The lowest BCUT2D eigenvalue weighted by atomic mass is 10.2. The van der Waals surface area contributed by atoms with Crippen LogP contribution >= 0.6 is 0 Å². The van der Waals surface area contributed by atoms with Gasteiger partial charge in [-0.3, -0.25) is 4.98 Å². The van der Waals surface area contributed by atoms with E-state index < -0.39 is 0 Å². The second-order valence-corrected chi connectivity index (χ2v) is 5.91. The Balaban J connectivity index is 1.73. The predicted molar refractivity (Wildman–Crippen MR) is 106 cm³/mol. The summed E-state index contributed by atoms with van der Waals surface area (Å²) in [6, 6.07) is 11.3. The number of hydrogen-bond acceptors (Lipinski definition) is 7. The minimum Gasteiger partial charge on any atom is -0.493 e. The van der Waals surface area contributed by atoms with Crippen molar-refractivity contribution >= 4 is 17.2 Å². The van der Waals surface area contributed by atoms with Crippen LogP contribution in [-0.4, -0.2) is 40.9 Å². The molecule has 3 heterocycles. The lowest BCUT2D eigenvalue weighted by Crippen LogP contribution is -2.02. The van der Waals surface area contributed by atoms with Crippen molar-refractivity contribution in [3.8, 4) is 28.5 Å². The molecule has 0 saturated carbocycles. The highest BCUT2D eigenvalue weighted by Gasteiger charge is 2.14. The molecule has 0 fully saturated rings. The van der Waals surface area contributed by atoms with Crippen molar-refractivity contribution in [3.05, 3.63) is 55.0 Å². The summed E-state index contributed by atoms with van der Waals surface area (Å²) in [5, 5.41) is 7.95. The van der Waals surface area contributed by atoms with Crippen LogP contribution in [0.5, 0.6) is 17.2 Å². The van der Waals surface area contributed by atoms with Crippen molar-refractivity contribution in [2.24, 2.45) is 0 Å². The molecule has 4 aromatic rings. The van der Waals surface area contributed by atoms with E-state index in [1.165, 1.54) is 0 Å². The standard InChI is InChI=1S/C20H19N5O3/c1-26-16-10-14(11-17(27-2)20(16)28-3)23-18-4-5-19-22-12-15(25(19)24-18)13-6-8-21-9-7-13/h4-12H,1-3H3,(H,23,24). The van der Waals surface area contributed by atoms with E-state index in [4.69, 9.17) is 14.2 Å². The number of rotatable bonds is 6. The molecule has 0 saturated heterocycles. The third-order valence-corrected chi connectivity index (χ3v) is 4.28. The molecule has 1 N–H and O–H groups in total. The van der Waals surface area contributed by atoms with Crippen LogP contribution in [0.15, 0.2) is 55.0 Å². The Hall–Kier alpha value is -3.81. The molecule has 0 spiro atoms. The predicted octanol–water partition coefficient (Wildman–Crippen LogP) is 3.56. The molecular formula is C20H19N5O3. The summed E-state index contributed by atoms with van der Waals surface area (Å²) in [5.41, 5.74) is 3.38. The molecule has 0 amide bonds. The summed E-state index contributed by atoms with van der Waals surface area (Å²) in [4.78, 5) is 8.48. The molecule has 0 bridgehead atoms. The van der Waals surface area contributed by atoms with Crippen LogP contribution in [0, 0.1) is 0 Å². The summed E-state index contributed by atoms with van der Waals surface area (Å²) in [7, 11) is 4.73. The van der Waals surface area contributed by atoms with Gasteiger partial charge in [0.2, 0.25) is 5.75 Å². The number of imidazole rings is 1. The summed E-state index contributed by atoms with van der Waals surface area (Å²) in [6.07, 6.45) is 5.28. The summed E-state index contributed by atoms with van der Waals surface area (Å²) in [5.74, 6) is 2.31. The van der Waals surface area contributed by atoms with E-state index in [9.17, 15) is 0 Å². The number of aromatic nitrogens is 4. The van der Waals surface area contributed by atoms with E-state index in [1.807, 2.05) is 36.4 Å². The molecule has 0 aliphatic heterocycles. The first kappa shape index (κ1) is 17.6. The summed E-state index contributed by atoms with van der Waals surface area (Å²) in [6.45, 7) is 0. The zero-order chi connectivity index (χ0) is 19.5. The molecule has 0 aliphatic carbocycles. The molecule has 0 unspecified atom stereocenters. The third kappa shape index (κ3) is 3.16. The van der Waals surface area contributed by atoms with Crippen LogP contribution in [0.2, 0.25) is 0 Å². The Morgan fingerprint density at radius 2 is 1.61 bits per heavy atom. The number of ether oxygens (including phenoxy) is 3. The Morgan fingerprint density at radius 3 is 2.25 bits per heavy atom. The topological polar surface area (TPSA) is 82.8 Å². The fourth-order valence-electron chi connectivity index (χ4n) is 2.96. The van der Waals surface area contributed by atoms with Gasteiger partial charge in [0.1, 0.15) is 0 Å². The highest BCUT2D eigenvalue weighted by Crippen LogP contribution is 2.40. The number of nitrogens with one attached hydrogen (secondary N) is 1. The monoisotopic (exact) mass is 377 g/mol.